The van der Waals surface area contributed by atoms with Gasteiger partial charge in [0, 0.05) is 17.3 Å². The number of rotatable bonds is 5. The fourth-order valence-corrected chi connectivity index (χ4v) is 3.83. The number of benzene rings is 2. The van der Waals surface area contributed by atoms with Crippen molar-refractivity contribution in [2.45, 2.75) is 4.34 Å². The fraction of sp³-hybridized carbons (Fsp3) is 0.167. The van der Waals surface area contributed by atoms with E-state index in [1.54, 1.807) is 18.2 Å². The third-order valence-electron chi connectivity index (χ3n) is 3.59. The maximum atomic E-state index is 12.2. The van der Waals surface area contributed by atoms with E-state index in [0.29, 0.717) is 36.2 Å². The van der Waals surface area contributed by atoms with Crippen LogP contribution in [0, 0.1) is 0 Å². The highest BCUT2D eigenvalue weighted by molar-refractivity contribution is 8.01. The van der Waals surface area contributed by atoms with Crippen molar-refractivity contribution < 1.29 is 14.3 Å². The standard InChI is InChI=1S/C18H15N3O3S2/c22-16(19-13-6-7-14-15(10-13)24-9-8-23-14)11-25-18-20-17(21-26-18)12-4-2-1-3-5-12/h1-7,10H,8-9,11H2,(H,19,22). The number of nitrogens with zero attached hydrogens (tertiary/aromatic N) is 2. The van der Waals surface area contributed by atoms with E-state index in [0.717, 1.165) is 9.90 Å². The number of carbonyl (C=O) groups is 1. The van der Waals surface area contributed by atoms with Crippen LogP contribution < -0.4 is 14.8 Å². The summed E-state index contributed by atoms with van der Waals surface area (Å²) in [4.78, 5) is 16.7. The minimum Gasteiger partial charge on any atom is -0.486 e. The predicted molar refractivity (Wildman–Crippen MR) is 102 cm³/mol. The second kappa shape index (κ2) is 7.76. The van der Waals surface area contributed by atoms with Crippen molar-refractivity contribution in [2.75, 3.05) is 24.3 Å². The summed E-state index contributed by atoms with van der Waals surface area (Å²) >= 11 is 2.67. The molecule has 0 saturated carbocycles. The molecule has 6 nitrogen and oxygen atoms in total. The molecule has 8 heteroatoms. The Labute approximate surface area is 158 Å². The summed E-state index contributed by atoms with van der Waals surface area (Å²) in [6.07, 6.45) is 0. The lowest BCUT2D eigenvalue weighted by molar-refractivity contribution is -0.113. The van der Waals surface area contributed by atoms with E-state index >= 15 is 0 Å². The summed E-state index contributed by atoms with van der Waals surface area (Å²) in [5.41, 5.74) is 1.65. The van der Waals surface area contributed by atoms with Gasteiger partial charge in [0.1, 0.15) is 13.2 Å². The highest BCUT2D eigenvalue weighted by atomic mass is 32.2. The Morgan fingerprint density at radius 1 is 1.12 bits per heavy atom. The minimum atomic E-state index is -0.108. The van der Waals surface area contributed by atoms with Crippen LogP contribution in [0.5, 0.6) is 11.5 Å². The van der Waals surface area contributed by atoms with Gasteiger partial charge < -0.3 is 14.8 Å². The van der Waals surface area contributed by atoms with Gasteiger partial charge in [-0.1, -0.05) is 42.1 Å². The molecule has 1 amide bonds. The Hall–Kier alpha value is -2.58. The van der Waals surface area contributed by atoms with Crippen molar-refractivity contribution >= 4 is 34.9 Å². The summed E-state index contributed by atoms with van der Waals surface area (Å²) < 4.78 is 16.1. The van der Waals surface area contributed by atoms with Gasteiger partial charge in [0.05, 0.1) is 5.75 Å². The lowest BCUT2D eigenvalue weighted by Crippen LogP contribution is -2.17. The van der Waals surface area contributed by atoms with E-state index in [4.69, 9.17) is 9.47 Å². The first kappa shape index (κ1) is 16.9. The molecule has 0 saturated heterocycles. The van der Waals surface area contributed by atoms with Gasteiger partial charge in [-0.05, 0) is 23.7 Å². The van der Waals surface area contributed by atoms with E-state index in [1.807, 2.05) is 30.3 Å². The maximum absolute atomic E-state index is 12.2. The van der Waals surface area contributed by atoms with Crippen LogP contribution >= 0.6 is 23.3 Å². The first-order valence-corrected chi connectivity index (χ1v) is 9.75. The van der Waals surface area contributed by atoms with Crippen LogP contribution in [0.2, 0.25) is 0 Å². The molecule has 1 N–H and O–H groups in total. The van der Waals surface area contributed by atoms with Crippen molar-refractivity contribution in [2.24, 2.45) is 0 Å². The van der Waals surface area contributed by atoms with Crippen molar-refractivity contribution in [3.8, 4) is 22.9 Å². The third-order valence-corrected chi connectivity index (χ3v) is 5.43. The van der Waals surface area contributed by atoms with Crippen molar-refractivity contribution in [3.05, 3.63) is 48.5 Å². The summed E-state index contributed by atoms with van der Waals surface area (Å²) in [6, 6.07) is 15.1. The topological polar surface area (TPSA) is 73.3 Å². The van der Waals surface area contributed by atoms with E-state index < -0.39 is 0 Å². The normalized spacial score (nSPS) is 12.6. The summed E-state index contributed by atoms with van der Waals surface area (Å²) in [7, 11) is 0. The van der Waals surface area contributed by atoms with Gasteiger partial charge in [-0.3, -0.25) is 4.79 Å². The SMILES string of the molecule is O=C(CSc1nc(-c2ccccc2)ns1)Nc1ccc2c(c1)OCCO2. The molecule has 1 aromatic heterocycles. The molecule has 0 unspecified atom stereocenters. The fourth-order valence-electron chi connectivity index (χ4n) is 2.42. The number of anilines is 1. The smallest absolute Gasteiger partial charge is 0.234 e. The number of hydrogen-bond donors (Lipinski definition) is 1. The van der Waals surface area contributed by atoms with Crippen LogP contribution in [0.1, 0.15) is 0 Å². The van der Waals surface area contributed by atoms with Crippen LogP contribution in [-0.4, -0.2) is 34.2 Å². The highest BCUT2D eigenvalue weighted by Crippen LogP contribution is 2.32. The monoisotopic (exact) mass is 385 g/mol. The number of fused-ring (bicyclic) bond motifs is 1. The zero-order valence-electron chi connectivity index (χ0n) is 13.7. The number of aromatic nitrogens is 2. The zero-order valence-corrected chi connectivity index (χ0v) is 15.3. The number of hydrogen-bond acceptors (Lipinski definition) is 7. The molecule has 3 aromatic rings. The molecule has 0 spiro atoms. The van der Waals surface area contributed by atoms with Crippen molar-refractivity contribution in [3.63, 3.8) is 0 Å². The maximum Gasteiger partial charge on any atom is 0.234 e. The summed E-state index contributed by atoms with van der Waals surface area (Å²) in [6.45, 7) is 1.06. The molecule has 0 bridgehead atoms. The van der Waals surface area contributed by atoms with Gasteiger partial charge >= 0.3 is 0 Å². The van der Waals surface area contributed by atoms with Crippen molar-refractivity contribution in [1.82, 2.24) is 9.36 Å². The lowest BCUT2D eigenvalue weighted by Gasteiger charge is -2.18. The van der Waals surface area contributed by atoms with Crippen LogP contribution in [-0.2, 0) is 4.79 Å². The largest absolute Gasteiger partial charge is 0.486 e. The Morgan fingerprint density at radius 2 is 1.92 bits per heavy atom. The van der Waals surface area contributed by atoms with Gasteiger partial charge in [-0.15, -0.1) is 0 Å². The Morgan fingerprint density at radius 3 is 2.77 bits per heavy atom. The van der Waals surface area contributed by atoms with Crippen LogP contribution in [0.15, 0.2) is 52.9 Å². The van der Waals surface area contributed by atoms with E-state index in [-0.39, 0.29) is 11.7 Å². The summed E-state index contributed by atoms with van der Waals surface area (Å²) in [5.74, 6) is 2.19. The van der Waals surface area contributed by atoms with Crippen LogP contribution in [0.3, 0.4) is 0 Å². The first-order chi connectivity index (χ1) is 12.8. The molecule has 2 heterocycles. The molecular formula is C18H15N3O3S2. The van der Waals surface area contributed by atoms with Crippen molar-refractivity contribution in [1.29, 1.82) is 0 Å². The van der Waals surface area contributed by atoms with Gasteiger partial charge in [0.25, 0.3) is 0 Å². The van der Waals surface area contributed by atoms with E-state index in [2.05, 4.69) is 14.7 Å². The minimum absolute atomic E-state index is 0.108. The second-order valence-electron chi connectivity index (χ2n) is 5.45. The molecule has 1 aliphatic heterocycles. The van der Waals surface area contributed by atoms with Gasteiger partial charge in [0.15, 0.2) is 21.7 Å². The summed E-state index contributed by atoms with van der Waals surface area (Å²) in [5, 5.41) is 2.86. The molecule has 4 rings (SSSR count). The van der Waals surface area contributed by atoms with E-state index in [9.17, 15) is 4.79 Å². The molecule has 0 aliphatic carbocycles. The number of amides is 1. The number of ether oxygens (including phenoxy) is 2. The average molecular weight is 385 g/mol. The molecular weight excluding hydrogens is 370 g/mol. The molecule has 2 aromatic carbocycles. The number of nitrogens with one attached hydrogen (secondary N) is 1. The molecule has 0 fully saturated rings. The Kier molecular flexibility index (Phi) is 5.03. The lowest BCUT2D eigenvalue weighted by atomic mass is 10.2. The average Bonchev–Trinajstić information content (AvgIpc) is 3.16. The van der Waals surface area contributed by atoms with E-state index in [1.165, 1.54) is 23.3 Å². The molecule has 1 aliphatic rings. The second-order valence-corrected chi connectivity index (χ2v) is 7.42. The Balaban J connectivity index is 1.34. The highest BCUT2D eigenvalue weighted by Gasteiger charge is 2.13. The van der Waals surface area contributed by atoms with Gasteiger partial charge in [-0.25, -0.2) is 4.98 Å². The number of carbonyl (C=O) groups excluding carboxylic acids is 1. The quantitative estimate of drug-likeness (QED) is 0.675. The van der Waals surface area contributed by atoms with Gasteiger partial charge in [-0.2, -0.15) is 4.37 Å². The molecule has 0 atom stereocenters. The van der Waals surface area contributed by atoms with Gasteiger partial charge in [0.2, 0.25) is 5.91 Å². The zero-order chi connectivity index (χ0) is 17.8. The Bertz CT molecular complexity index is 915. The van der Waals surface area contributed by atoms with Crippen LogP contribution in [0.25, 0.3) is 11.4 Å². The third kappa shape index (κ3) is 3.97. The first-order valence-electron chi connectivity index (χ1n) is 7.99. The van der Waals surface area contributed by atoms with Crippen LogP contribution in [0.4, 0.5) is 5.69 Å². The molecule has 0 radical (unpaired) electrons. The molecule has 132 valence electrons. The predicted octanol–water partition coefficient (Wildman–Crippen LogP) is 3.71. The number of thioether (sulfide) groups is 1. The molecule has 26 heavy (non-hydrogen) atoms.